The Balaban J connectivity index is 2.04. The lowest BCUT2D eigenvalue weighted by molar-refractivity contribution is 0.0784. The molecule has 0 saturated heterocycles. The van der Waals surface area contributed by atoms with Crippen LogP contribution in [0.1, 0.15) is 21.7 Å². The molecule has 0 saturated carbocycles. The van der Waals surface area contributed by atoms with Crippen molar-refractivity contribution in [1.29, 1.82) is 0 Å². The van der Waals surface area contributed by atoms with Crippen LogP contribution < -0.4 is 5.73 Å². The van der Waals surface area contributed by atoms with Crippen LogP contribution in [0.15, 0.2) is 32.0 Å². The lowest BCUT2D eigenvalue weighted by Crippen LogP contribution is -2.25. The predicted octanol–water partition coefficient (Wildman–Crippen LogP) is 2.83. The molecule has 0 aliphatic rings. The van der Waals surface area contributed by atoms with Gasteiger partial charge < -0.3 is 15.1 Å². The van der Waals surface area contributed by atoms with Crippen molar-refractivity contribution in [2.24, 2.45) is 5.73 Å². The fraction of sp³-hybridized carbons (Fsp3) is 0.250. The van der Waals surface area contributed by atoms with Crippen LogP contribution in [0.4, 0.5) is 0 Å². The van der Waals surface area contributed by atoms with Gasteiger partial charge in [0.15, 0.2) is 0 Å². The van der Waals surface area contributed by atoms with Crippen molar-refractivity contribution in [2.45, 2.75) is 13.1 Å². The second kappa shape index (κ2) is 5.69. The summed E-state index contributed by atoms with van der Waals surface area (Å²) in [4.78, 5) is 13.8. The van der Waals surface area contributed by atoms with Gasteiger partial charge in [-0.2, -0.15) is 0 Å². The maximum absolute atomic E-state index is 12.1. The first-order valence-corrected chi connectivity index (χ1v) is 7.03. The molecule has 0 aliphatic heterocycles. The summed E-state index contributed by atoms with van der Waals surface area (Å²) in [7, 11) is 1.77. The monoisotopic (exact) mass is 328 g/mol. The highest BCUT2D eigenvalue weighted by molar-refractivity contribution is 9.11. The molecule has 96 valence electrons. The Hall–Kier alpha value is -1.11. The third kappa shape index (κ3) is 3.01. The van der Waals surface area contributed by atoms with Crippen molar-refractivity contribution in [2.75, 3.05) is 7.05 Å². The van der Waals surface area contributed by atoms with E-state index in [-0.39, 0.29) is 5.91 Å². The molecule has 0 bridgehead atoms. The Morgan fingerprint density at radius 2 is 2.33 bits per heavy atom. The molecule has 0 unspecified atom stereocenters. The molecule has 4 nitrogen and oxygen atoms in total. The molecule has 0 aliphatic carbocycles. The number of thiophene rings is 1. The quantitative estimate of drug-likeness (QED) is 0.938. The van der Waals surface area contributed by atoms with Gasteiger partial charge in [-0.3, -0.25) is 4.79 Å². The van der Waals surface area contributed by atoms with Crippen LogP contribution >= 0.6 is 27.3 Å². The van der Waals surface area contributed by atoms with Crippen LogP contribution in [0.5, 0.6) is 0 Å². The fourth-order valence-corrected chi connectivity index (χ4v) is 2.79. The van der Waals surface area contributed by atoms with Crippen molar-refractivity contribution in [3.8, 4) is 0 Å². The van der Waals surface area contributed by atoms with E-state index in [1.54, 1.807) is 29.4 Å². The maximum atomic E-state index is 12.1. The Morgan fingerprint density at radius 1 is 1.56 bits per heavy atom. The summed E-state index contributed by atoms with van der Waals surface area (Å²) in [5, 5.41) is 2.02. The number of nitrogens with zero attached hydrogens (tertiary/aromatic N) is 1. The minimum atomic E-state index is -0.0687. The Kier molecular flexibility index (Phi) is 4.21. The van der Waals surface area contributed by atoms with Crippen LogP contribution in [-0.2, 0) is 13.1 Å². The van der Waals surface area contributed by atoms with Gasteiger partial charge in [0, 0.05) is 13.6 Å². The summed E-state index contributed by atoms with van der Waals surface area (Å²) in [6.45, 7) is 0.874. The van der Waals surface area contributed by atoms with E-state index in [2.05, 4.69) is 15.9 Å². The number of nitrogens with two attached hydrogens (primary N) is 1. The van der Waals surface area contributed by atoms with Gasteiger partial charge in [-0.05, 0) is 39.0 Å². The van der Waals surface area contributed by atoms with E-state index in [9.17, 15) is 4.79 Å². The van der Waals surface area contributed by atoms with Crippen LogP contribution in [0.25, 0.3) is 0 Å². The van der Waals surface area contributed by atoms with E-state index in [1.807, 2.05) is 11.4 Å². The summed E-state index contributed by atoms with van der Waals surface area (Å²) < 4.78 is 6.22. The standard InChI is InChI=1S/C12H13BrN2O2S/c1-15(5-8-2-11(13)18-7-8)12(16)9-3-10(4-14)17-6-9/h2-3,6-7H,4-5,14H2,1H3. The van der Waals surface area contributed by atoms with Gasteiger partial charge in [0.05, 0.1) is 15.9 Å². The number of halogens is 1. The summed E-state index contributed by atoms with van der Waals surface area (Å²) in [6, 6.07) is 3.69. The Morgan fingerprint density at radius 3 is 2.89 bits per heavy atom. The predicted molar refractivity (Wildman–Crippen MR) is 74.4 cm³/mol. The van der Waals surface area contributed by atoms with E-state index in [0.29, 0.717) is 24.4 Å². The summed E-state index contributed by atoms with van der Waals surface area (Å²) >= 11 is 5.01. The number of hydrogen-bond acceptors (Lipinski definition) is 4. The van der Waals surface area contributed by atoms with E-state index in [1.165, 1.54) is 6.26 Å². The van der Waals surface area contributed by atoms with Crippen molar-refractivity contribution < 1.29 is 9.21 Å². The van der Waals surface area contributed by atoms with Gasteiger partial charge in [-0.25, -0.2) is 0 Å². The summed E-state index contributed by atoms with van der Waals surface area (Å²) in [6.07, 6.45) is 1.45. The maximum Gasteiger partial charge on any atom is 0.257 e. The number of carbonyl (C=O) groups is 1. The van der Waals surface area contributed by atoms with Gasteiger partial charge in [-0.15, -0.1) is 11.3 Å². The number of furan rings is 1. The molecule has 0 atom stereocenters. The van der Waals surface area contributed by atoms with Crippen LogP contribution in [-0.4, -0.2) is 17.9 Å². The first-order valence-electron chi connectivity index (χ1n) is 5.36. The highest BCUT2D eigenvalue weighted by Gasteiger charge is 2.15. The largest absolute Gasteiger partial charge is 0.467 e. The third-order valence-electron chi connectivity index (χ3n) is 2.49. The Labute approximate surface area is 118 Å². The number of rotatable bonds is 4. The zero-order valence-corrected chi connectivity index (χ0v) is 12.3. The lowest BCUT2D eigenvalue weighted by atomic mass is 10.2. The number of amides is 1. The smallest absolute Gasteiger partial charge is 0.257 e. The highest BCUT2D eigenvalue weighted by Crippen LogP contribution is 2.22. The third-order valence-corrected chi connectivity index (χ3v) is 4.04. The van der Waals surface area contributed by atoms with Crippen LogP contribution in [0.3, 0.4) is 0 Å². The SMILES string of the molecule is CN(Cc1csc(Br)c1)C(=O)c1coc(CN)c1. The average molecular weight is 329 g/mol. The number of carbonyl (C=O) groups excluding carboxylic acids is 1. The van der Waals surface area contributed by atoms with Gasteiger partial charge in [0.1, 0.15) is 12.0 Å². The molecular formula is C12H13BrN2O2S. The summed E-state index contributed by atoms with van der Waals surface area (Å²) in [5.41, 5.74) is 7.08. The van der Waals surface area contributed by atoms with Crippen LogP contribution in [0, 0.1) is 0 Å². The van der Waals surface area contributed by atoms with Crippen LogP contribution in [0.2, 0.25) is 0 Å². The topological polar surface area (TPSA) is 59.5 Å². The normalized spacial score (nSPS) is 10.6. The van der Waals surface area contributed by atoms with E-state index >= 15 is 0 Å². The molecule has 0 aromatic carbocycles. The molecule has 2 heterocycles. The minimum absolute atomic E-state index is 0.0687. The Bertz CT molecular complexity index is 550. The molecule has 0 radical (unpaired) electrons. The molecule has 2 aromatic rings. The second-order valence-electron chi connectivity index (χ2n) is 3.93. The molecule has 18 heavy (non-hydrogen) atoms. The van der Waals surface area contributed by atoms with Gasteiger partial charge in [0.25, 0.3) is 5.91 Å². The number of hydrogen-bond donors (Lipinski definition) is 1. The first-order chi connectivity index (χ1) is 8.60. The lowest BCUT2D eigenvalue weighted by Gasteiger charge is -2.15. The highest BCUT2D eigenvalue weighted by atomic mass is 79.9. The molecule has 6 heteroatoms. The molecule has 2 aromatic heterocycles. The van der Waals surface area contributed by atoms with Gasteiger partial charge >= 0.3 is 0 Å². The molecule has 0 spiro atoms. The van der Waals surface area contributed by atoms with Crippen molar-refractivity contribution in [3.63, 3.8) is 0 Å². The van der Waals surface area contributed by atoms with Gasteiger partial charge in [-0.1, -0.05) is 0 Å². The van der Waals surface area contributed by atoms with E-state index < -0.39 is 0 Å². The minimum Gasteiger partial charge on any atom is -0.467 e. The van der Waals surface area contributed by atoms with E-state index in [0.717, 1.165) is 9.35 Å². The average Bonchev–Trinajstić information content (AvgIpc) is 2.97. The molecule has 0 fully saturated rings. The second-order valence-corrected chi connectivity index (χ2v) is 6.22. The first kappa shape index (κ1) is 13.3. The van der Waals surface area contributed by atoms with Gasteiger partial charge in [0.2, 0.25) is 0 Å². The van der Waals surface area contributed by atoms with E-state index in [4.69, 9.17) is 10.2 Å². The fourth-order valence-electron chi connectivity index (χ4n) is 1.59. The molecule has 2 rings (SSSR count). The molecule has 1 amide bonds. The van der Waals surface area contributed by atoms with Crippen molar-refractivity contribution in [1.82, 2.24) is 4.90 Å². The zero-order valence-electron chi connectivity index (χ0n) is 9.85. The zero-order chi connectivity index (χ0) is 13.1. The summed E-state index contributed by atoms with van der Waals surface area (Å²) in [5.74, 6) is 0.547. The molecular weight excluding hydrogens is 316 g/mol. The van der Waals surface area contributed by atoms with Crippen molar-refractivity contribution in [3.05, 3.63) is 44.4 Å². The van der Waals surface area contributed by atoms with Crippen molar-refractivity contribution >= 4 is 33.2 Å². The molecule has 2 N–H and O–H groups in total.